The number of para-hydroxylation sites is 1. The number of H-pyrrole nitrogens is 1. The van der Waals surface area contributed by atoms with Gasteiger partial charge in [-0.15, -0.1) is 0 Å². The largest absolute Gasteiger partial charge is 0.361 e. The molecule has 0 bridgehead atoms. The number of nitrogens with one attached hydrogen (secondary N) is 2. The molecule has 1 amide bonds. The predicted molar refractivity (Wildman–Crippen MR) is 112 cm³/mol. The van der Waals surface area contributed by atoms with E-state index in [0.29, 0.717) is 30.6 Å². The molecule has 2 aromatic carbocycles. The molecule has 0 saturated carbocycles. The van der Waals surface area contributed by atoms with E-state index in [2.05, 4.69) is 21.5 Å². The Labute approximate surface area is 168 Å². The van der Waals surface area contributed by atoms with E-state index in [1.807, 2.05) is 38.2 Å². The van der Waals surface area contributed by atoms with Gasteiger partial charge in [-0.05, 0) is 38.0 Å². The monoisotopic (exact) mass is 390 g/mol. The summed E-state index contributed by atoms with van der Waals surface area (Å²) < 4.78 is 15.7. The summed E-state index contributed by atoms with van der Waals surface area (Å²) in [7, 11) is 0. The highest BCUT2D eigenvalue weighted by molar-refractivity contribution is 5.92. The number of amides is 1. The molecule has 5 nitrogen and oxygen atoms in total. The number of aryl methyl sites for hydroxylation is 2. The maximum atomic E-state index is 14.0. The van der Waals surface area contributed by atoms with Crippen LogP contribution in [0.4, 0.5) is 10.1 Å². The minimum absolute atomic E-state index is 0.0630. The molecule has 2 heterocycles. The van der Waals surface area contributed by atoms with E-state index in [1.54, 1.807) is 22.9 Å². The smallest absolute Gasteiger partial charge is 0.224 e. The first-order valence-electron chi connectivity index (χ1n) is 9.65. The van der Waals surface area contributed by atoms with E-state index in [1.165, 1.54) is 6.07 Å². The Hall–Kier alpha value is -3.41. The highest BCUT2D eigenvalue weighted by Crippen LogP contribution is 2.23. The van der Waals surface area contributed by atoms with Gasteiger partial charge in [0, 0.05) is 29.1 Å². The summed E-state index contributed by atoms with van der Waals surface area (Å²) in [6, 6.07) is 14.7. The molecule has 4 rings (SSSR count). The van der Waals surface area contributed by atoms with E-state index in [9.17, 15) is 9.18 Å². The van der Waals surface area contributed by atoms with Gasteiger partial charge in [-0.3, -0.25) is 9.48 Å². The maximum absolute atomic E-state index is 14.0. The fourth-order valence-electron chi connectivity index (χ4n) is 3.61. The van der Waals surface area contributed by atoms with Crippen molar-refractivity contribution in [2.75, 3.05) is 5.32 Å². The van der Waals surface area contributed by atoms with E-state index >= 15 is 0 Å². The van der Waals surface area contributed by atoms with Crippen LogP contribution in [0.25, 0.3) is 10.9 Å². The summed E-state index contributed by atoms with van der Waals surface area (Å²) in [5, 5.41) is 8.61. The van der Waals surface area contributed by atoms with E-state index < -0.39 is 0 Å². The molecule has 0 atom stereocenters. The van der Waals surface area contributed by atoms with Gasteiger partial charge in [0.05, 0.1) is 23.6 Å². The normalized spacial score (nSPS) is 11.1. The van der Waals surface area contributed by atoms with Crippen molar-refractivity contribution in [3.63, 3.8) is 0 Å². The fraction of sp³-hybridized carbons (Fsp3) is 0.217. The summed E-state index contributed by atoms with van der Waals surface area (Å²) in [6.07, 6.45) is 2.98. The van der Waals surface area contributed by atoms with Crippen molar-refractivity contribution in [1.29, 1.82) is 0 Å². The van der Waals surface area contributed by atoms with Crippen molar-refractivity contribution in [2.24, 2.45) is 0 Å². The first kappa shape index (κ1) is 18.9. The second kappa shape index (κ2) is 7.91. The molecule has 148 valence electrons. The molecule has 4 aromatic rings. The number of nitrogens with zero attached hydrogens (tertiary/aromatic N) is 2. The van der Waals surface area contributed by atoms with Crippen LogP contribution < -0.4 is 5.32 Å². The lowest BCUT2D eigenvalue weighted by molar-refractivity contribution is -0.116. The summed E-state index contributed by atoms with van der Waals surface area (Å²) in [5.41, 5.74) is 4.99. The SMILES string of the molecule is Cc1nn(Cc2ccccc2F)c(C)c1NC(=O)CCc1c[nH]c2ccccc12. The molecule has 0 aliphatic rings. The molecule has 29 heavy (non-hydrogen) atoms. The number of benzene rings is 2. The molecule has 0 aliphatic heterocycles. The third-order valence-electron chi connectivity index (χ3n) is 5.22. The second-order valence-electron chi connectivity index (χ2n) is 7.20. The molecule has 0 fully saturated rings. The van der Waals surface area contributed by atoms with Crippen LogP contribution in [0, 0.1) is 19.7 Å². The number of carbonyl (C=O) groups excluding carboxylic acids is 1. The minimum atomic E-state index is -0.260. The molecular formula is C23H23FN4O. The zero-order valence-electron chi connectivity index (χ0n) is 16.5. The molecule has 0 radical (unpaired) electrons. The van der Waals surface area contributed by atoms with Gasteiger partial charge in [-0.1, -0.05) is 36.4 Å². The standard InChI is InChI=1S/C23H23FN4O/c1-15-23(16(2)28(27-15)14-18-7-3-5-9-20(18)24)26-22(29)12-11-17-13-25-21-10-6-4-8-19(17)21/h3-10,13,25H,11-12,14H2,1-2H3,(H,26,29). The van der Waals surface area contributed by atoms with Crippen LogP contribution in [0.5, 0.6) is 0 Å². The van der Waals surface area contributed by atoms with Crippen LogP contribution in [-0.2, 0) is 17.8 Å². The number of carbonyl (C=O) groups is 1. The maximum Gasteiger partial charge on any atom is 0.224 e. The minimum Gasteiger partial charge on any atom is -0.361 e. The lowest BCUT2D eigenvalue weighted by atomic mass is 10.1. The van der Waals surface area contributed by atoms with Crippen LogP contribution in [0.2, 0.25) is 0 Å². The lowest BCUT2D eigenvalue weighted by Crippen LogP contribution is -2.14. The number of anilines is 1. The Balaban J connectivity index is 1.44. The number of hydrogen-bond acceptors (Lipinski definition) is 2. The van der Waals surface area contributed by atoms with Gasteiger partial charge < -0.3 is 10.3 Å². The van der Waals surface area contributed by atoms with Gasteiger partial charge in [-0.2, -0.15) is 5.10 Å². The molecule has 0 saturated heterocycles. The summed E-state index contributed by atoms with van der Waals surface area (Å²) in [4.78, 5) is 15.8. The number of hydrogen-bond donors (Lipinski definition) is 2. The van der Waals surface area contributed by atoms with Crippen LogP contribution in [0.1, 0.15) is 28.9 Å². The van der Waals surface area contributed by atoms with Crippen molar-refractivity contribution >= 4 is 22.5 Å². The highest BCUT2D eigenvalue weighted by atomic mass is 19.1. The predicted octanol–water partition coefficient (Wildman–Crippen LogP) is 4.74. The first-order valence-corrected chi connectivity index (χ1v) is 9.65. The molecule has 2 N–H and O–H groups in total. The van der Waals surface area contributed by atoms with E-state index in [4.69, 9.17) is 0 Å². The van der Waals surface area contributed by atoms with Gasteiger partial charge in [0.25, 0.3) is 0 Å². The van der Waals surface area contributed by atoms with Gasteiger partial charge in [0.1, 0.15) is 5.82 Å². The number of halogens is 1. The summed E-state index contributed by atoms with van der Waals surface area (Å²) in [6.45, 7) is 4.06. The Kier molecular flexibility index (Phi) is 5.16. The summed E-state index contributed by atoms with van der Waals surface area (Å²) >= 11 is 0. The van der Waals surface area contributed by atoms with Gasteiger partial charge >= 0.3 is 0 Å². The molecule has 0 unspecified atom stereocenters. The van der Waals surface area contributed by atoms with Crippen LogP contribution in [0.3, 0.4) is 0 Å². The average molecular weight is 390 g/mol. The quantitative estimate of drug-likeness (QED) is 0.499. The van der Waals surface area contributed by atoms with Crippen molar-refractivity contribution in [3.8, 4) is 0 Å². The van der Waals surface area contributed by atoms with Crippen molar-refractivity contribution in [1.82, 2.24) is 14.8 Å². The summed E-state index contributed by atoms with van der Waals surface area (Å²) in [5.74, 6) is -0.323. The van der Waals surface area contributed by atoms with Gasteiger partial charge in [0.15, 0.2) is 0 Å². The Morgan fingerprint density at radius 1 is 1.10 bits per heavy atom. The lowest BCUT2D eigenvalue weighted by Gasteiger charge is -2.08. The molecule has 6 heteroatoms. The van der Waals surface area contributed by atoms with Crippen LogP contribution in [-0.4, -0.2) is 20.7 Å². The highest BCUT2D eigenvalue weighted by Gasteiger charge is 2.16. The fourth-order valence-corrected chi connectivity index (χ4v) is 3.61. The Morgan fingerprint density at radius 2 is 1.86 bits per heavy atom. The molecular weight excluding hydrogens is 367 g/mol. The number of fused-ring (bicyclic) bond motifs is 1. The van der Waals surface area contributed by atoms with Crippen molar-refractivity contribution < 1.29 is 9.18 Å². The third-order valence-corrected chi connectivity index (χ3v) is 5.22. The number of aromatic nitrogens is 3. The third kappa shape index (κ3) is 3.92. The Bertz CT molecular complexity index is 1170. The number of rotatable bonds is 6. The van der Waals surface area contributed by atoms with Crippen LogP contribution >= 0.6 is 0 Å². The van der Waals surface area contributed by atoms with Gasteiger partial charge in [-0.25, -0.2) is 4.39 Å². The topological polar surface area (TPSA) is 62.7 Å². The van der Waals surface area contributed by atoms with E-state index in [-0.39, 0.29) is 11.7 Å². The Morgan fingerprint density at radius 3 is 2.69 bits per heavy atom. The molecule has 2 aromatic heterocycles. The zero-order chi connectivity index (χ0) is 20.4. The average Bonchev–Trinajstić information content (AvgIpc) is 3.24. The van der Waals surface area contributed by atoms with Crippen molar-refractivity contribution in [3.05, 3.63) is 83.1 Å². The molecule has 0 spiro atoms. The van der Waals surface area contributed by atoms with Gasteiger partial charge in [0.2, 0.25) is 5.91 Å². The van der Waals surface area contributed by atoms with Crippen molar-refractivity contribution in [2.45, 2.75) is 33.2 Å². The second-order valence-corrected chi connectivity index (χ2v) is 7.20. The zero-order valence-corrected chi connectivity index (χ0v) is 16.5. The van der Waals surface area contributed by atoms with E-state index in [0.717, 1.165) is 27.9 Å². The number of aromatic amines is 1. The first-order chi connectivity index (χ1) is 14.0. The molecule has 0 aliphatic carbocycles. The van der Waals surface area contributed by atoms with Crippen LogP contribution in [0.15, 0.2) is 54.7 Å².